The highest BCUT2D eigenvalue weighted by molar-refractivity contribution is 8.00. The van der Waals surface area contributed by atoms with Crippen LogP contribution < -0.4 is 11.1 Å². The molecule has 1 aromatic heterocycles. The molecule has 2 amide bonds. The minimum absolute atomic E-state index is 0.0371. The number of carboxylic acids is 2. The zero-order valence-corrected chi connectivity index (χ0v) is 18.8. The summed E-state index contributed by atoms with van der Waals surface area (Å²) in [5.41, 5.74) is 3.90. The van der Waals surface area contributed by atoms with E-state index in [1.165, 1.54) is 25.6 Å². The van der Waals surface area contributed by atoms with Crippen molar-refractivity contribution in [2.75, 3.05) is 11.5 Å². The number of nitrogen functional groups attached to an aromatic ring is 1. The van der Waals surface area contributed by atoms with E-state index in [0.29, 0.717) is 17.7 Å². The fourth-order valence-electron chi connectivity index (χ4n) is 2.88. The van der Waals surface area contributed by atoms with Crippen LogP contribution in [0.15, 0.2) is 16.4 Å². The van der Waals surface area contributed by atoms with Crippen LogP contribution in [0.2, 0.25) is 0 Å². The number of nitrogens with zero attached hydrogens (tertiary/aromatic N) is 4. The Morgan fingerprint density at radius 1 is 1.38 bits per heavy atom. The number of anilines is 1. The maximum absolute atomic E-state index is 12.9. The van der Waals surface area contributed by atoms with E-state index in [1.807, 2.05) is 0 Å². The molecule has 0 radical (unpaired) electrons. The van der Waals surface area contributed by atoms with Gasteiger partial charge < -0.3 is 26.1 Å². The molecule has 1 fully saturated rings. The van der Waals surface area contributed by atoms with Gasteiger partial charge in [0.15, 0.2) is 5.13 Å². The summed E-state index contributed by atoms with van der Waals surface area (Å²) in [5, 5.41) is 24.2. The summed E-state index contributed by atoms with van der Waals surface area (Å²) in [6, 6.07) is -1.02. The van der Waals surface area contributed by atoms with Gasteiger partial charge in [-0.25, -0.2) is 9.59 Å². The smallest absolute Gasteiger partial charge is 0.352 e. The average molecular weight is 485 g/mol. The third kappa shape index (κ3) is 4.25. The van der Waals surface area contributed by atoms with Crippen molar-refractivity contribution in [3.05, 3.63) is 17.1 Å². The van der Waals surface area contributed by atoms with Crippen molar-refractivity contribution in [1.82, 2.24) is 19.6 Å². The fraction of sp³-hybridized carbons (Fsp3) is 0.471. The Labute approximate surface area is 189 Å². The van der Waals surface area contributed by atoms with Gasteiger partial charge in [0.1, 0.15) is 17.1 Å². The molecule has 2 atom stereocenters. The Kier molecular flexibility index (Phi) is 6.41. The molecule has 1 aromatic rings. The van der Waals surface area contributed by atoms with Crippen molar-refractivity contribution < 1.29 is 34.2 Å². The predicted octanol–water partition coefficient (Wildman–Crippen LogP) is -0.147. The summed E-state index contributed by atoms with van der Waals surface area (Å²) in [5.74, 6) is -3.82. The van der Waals surface area contributed by atoms with Crippen molar-refractivity contribution in [2.24, 2.45) is 5.16 Å². The van der Waals surface area contributed by atoms with Crippen LogP contribution in [0.5, 0.6) is 0 Å². The van der Waals surface area contributed by atoms with E-state index in [9.17, 15) is 29.4 Å². The number of hydrogen-bond acceptors (Lipinski definition) is 11. The summed E-state index contributed by atoms with van der Waals surface area (Å²) in [4.78, 5) is 58.5. The molecule has 5 N–H and O–H groups in total. The standard InChI is InChI=1S/C17H20N6O7S2/c1-4-6-5-31-13-8(12(25)23(13)9(6)14(26)27)19-11(24)7(10-20-16(18)32-22-10)21-30-17(2,3)15(28)29/h8,13H,4-5H2,1-3H3,(H,19,24)(H,26,27)(H,28,29)(H2,18,20,22)/b21-7-/t8-,13-/m1/s1. The highest BCUT2D eigenvalue weighted by Crippen LogP contribution is 2.41. The van der Waals surface area contributed by atoms with Crippen molar-refractivity contribution >= 4 is 57.9 Å². The Balaban J connectivity index is 1.83. The lowest BCUT2D eigenvalue weighted by Gasteiger charge is -2.49. The van der Waals surface area contributed by atoms with Gasteiger partial charge in [-0.15, -0.1) is 11.8 Å². The van der Waals surface area contributed by atoms with E-state index in [-0.39, 0.29) is 16.7 Å². The number of carbonyl (C=O) groups excluding carboxylic acids is 2. The number of hydrogen-bond donors (Lipinski definition) is 4. The van der Waals surface area contributed by atoms with Crippen LogP contribution in [-0.4, -0.2) is 76.7 Å². The Morgan fingerprint density at radius 2 is 2.06 bits per heavy atom. The van der Waals surface area contributed by atoms with E-state index in [2.05, 4.69) is 19.8 Å². The van der Waals surface area contributed by atoms with Gasteiger partial charge >= 0.3 is 11.9 Å². The molecule has 0 unspecified atom stereocenters. The lowest BCUT2D eigenvalue weighted by atomic mass is 10.0. The van der Waals surface area contributed by atoms with E-state index >= 15 is 0 Å². The van der Waals surface area contributed by atoms with Crippen LogP contribution in [0.4, 0.5) is 5.13 Å². The van der Waals surface area contributed by atoms with Crippen LogP contribution in [0, 0.1) is 0 Å². The minimum atomic E-state index is -1.76. The molecule has 2 aliphatic heterocycles. The first kappa shape index (κ1) is 23.5. The topological polar surface area (TPSA) is 197 Å². The number of carbonyl (C=O) groups is 4. The second kappa shape index (κ2) is 8.74. The number of aromatic nitrogens is 2. The second-order valence-corrected chi connectivity index (χ2v) is 9.16. The largest absolute Gasteiger partial charge is 0.478 e. The molecule has 1 saturated heterocycles. The fourth-order valence-corrected chi connectivity index (χ4v) is 4.76. The summed E-state index contributed by atoms with van der Waals surface area (Å²) in [6.45, 7) is 4.26. The second-order valence-electron chi connectivity index (χ2n) is 7.27. The first-order valence-corrected chi connectivity index (χ1v) is 11.1. The summed E-state index contributed by atoms with van der Waals surface area (Å²) in [6.07, 6.45) is 0.479. The number of oxime groups is 1. The number of carboxylic acid groups (broad SMARTS) is 2. The monoisotopic (exact) mass is 484 g/mol. The molecule has 3 rings (SSSR count). The van der Waals surface area contributed by atoms with Crippen LogP contribution in [0.25, 0.3) is 0 Å². The summed E-state index contributed by atoms with van der Waals surface area (Å²) >= 11 is 2.11. The normalized spacial score (nSPS) is 21.0. The molecule has 0 spiro atoms. The molecular formula is C17H20N6O7S2. The Bertz CT molecular complexity index is 1050. The SMILES string of the molecule is CCC1=C(C(=O)O)N2C(=O)[C@@H](NC(=O)/C(=N\OC(C)(C)C(=O)O)c3nsc(N)n3)[C@H]2SC1. The molecule has 0 aromatic carbocycles. The van der Waals surface area contributed by atoms with Gasteiger partial charge in [0.2, 0.25) is 17.1 Å². The van der Waals surface area contributed by atoms with Gasteiger partial charge in [-0.1, -0.05) is 12.1 Å². The highest BCUT2D eigenvalue weighted by Gasteiger charge is 2.54. The van der Waals surface area contributed by atoms with Crippen molar-refractivity contribution in [2.45, 2.75) is 44.2 Å². The van der Waals surface area contributed by atoms with Crippen molar-refractivity contribution in [1.29, 1.82) is 0 Å². The van der Waals surface area contributed by atoms with Gasteiger partial charge in [-0.05, 0) is 25.8 Å². The number of amides is 2. The highest BCUT2D eigenvalue weighted by atomic mass is 32.2. The molecular weight excluding hydrogens is 464 g/mol. The molecule has 3 heterocycles. The predicted molar refractivity (Wildman–Crippen MR) is 114 cm³/mol. The lowest BCUT2D eigenvalue weighted by molar-refractivity contribution is -0.161. The number of thioether (sulfide) groups is 1. The zero-order valence-electron chi connectivity index (χ0n) is 17.2. The van der Waals surface area contributed by atoms with Crippen molar-refractivity contribution in [3.63, 3.8) is 0 Å². The maximum Gasteiger partial charge on any atom is 0.352 e. The lowest BCUT2D eigenvalue weighted by Crippen LogP contribution is -2.71. The van der Waals surface area contributed by atoms with E-state index in [1.54, 1.807) is 6.92 Å². The molecule has 0 aliphatic carbocycles. The quantitative estimate of drug-likeness (QED) is 0.217. The Hall–Kier alpha value is -3.20. The molecule has 13 nitrogen and oxygen atoms in total. The van der Waals surface area contributed by atoms with E-state index < -0.39 is 46.5 Å². The molecule has 172 valence electrons. The number of nitrogens with two attached hydrogens (primary N) is 1. The first-order chi connectivity index (χ1) is 15.0. The Morgan fingerprint density at radius 3 is 2.59 bits per heavy atom. The maximum atomic E-state index is 12.9. The number of rotatable bonds is 8. The van der Waals surface area contributed by atoms with Gasteiger partial charge in [0.25, 0.3) is 11.8 Å². The van der Waals surface area contributed by atoms with Gasteiger partial charge in [-0.2, -0.15) is 9.36 Å². The summed E-state index contributed by atoms with van der Waals surface area (Å²) in [7, 11) is 0. The van der Waals surface area contributed by atoms with Gasteiger partial charge in [-0.3, -0.25) is 14.5 Å². The van der Waals surface area contributed by atoms with Crippen molar-refractivity contribution in [3.8, 4) is 0 Å². The molecule has 15 heteroatoms. The van der Waals surface area contributed by atoms with E-state index in [4.69, 9.17) is 10.6 Å². The molecule has 0 saturated carbocycles. The molecule has 2 aliphatic rings. The third-order valence-electron chi connectivity index (χ3n) is 4.71. The number of β-lactam (4-membered cyclic amide) rings is 1. The van der Waals surface area contributed by atoms with Crippen LogP contribution in [-0.2, 0) is 24.0 Å². The summed E-state index contributed by atoms with van der Waals surface area (Å²) < 4.78 is 3.89. The number of aliphatic carboxylic acids is 2. The third-order valence-corrected chi connectivity index (χ3v) is 6.59. The first-order valence-electron chi connectivity index (χ1n) is 9.27. The average Bonchev–Trinajstić information content (AvgIpc) is 3.16. The van der Waals surface area contributed by atoms with Gasteiger partial charge in [0, 0.05) is 17.3 Å². The van der Waals surface area contributed by atoms with Crippen LogP contribution >= 0.6 is 23.3 Å². The minimum Gasteiger partial charge on any atom is -0.478 e. The van der Waals surface area contributed by atoms with Crippen LogP contribution in [0.3, 0.4) is 0 Å². The van der Waals surface area contributed by atoms with Gasteiger partial charge in [0.05, 0.1) is 0 Å². The molecule has 0 bridgehead atoms. The zero-order chi connectivity index (χ0) is 23.8. The van der Waals surface area contributed by atoms with Crippen LogP contribution in [0.1, 0.15) is 33.0 Å². The van der Waals surface area contributed by atoms with E-state index in [0.717, 1.165) is 16.4 Å². The molecule has 32 heavy (non-hydrogen) atoms. The number of fused-ring (bicyclic) bond motifs is 1. The number of nitrogens with one attached hydrogen (secondary N) is 1.